The molecule has 2 aliphatic rings. The third kappa shape index (κ3) is 3.66. The molecule has 1 fully saturated rings. The number of aliphatic hydroxyl groups excluding tert-OH is 4. The predicted octanol–water partition coefficient (Wildman–Crippen LogP) is 1.16. The molecular formula is C22H26O5. The van der Waals surface area contributed by atoms with Gasteiger partial charge in [-0.2, -0.15) is 0 Å². The fraction of sp³-hybridized carbons (Fsp3) is 0.455. The fourth-order valence-corrected chi connectivity index (χ4v) is 4.40. The molecule has 1 aliphatic heterocycles. The molecule has 5 atom stereocenters. The summed E-state index contributed by atoms with van der Waals surface area (Å²) in [6.45, 7) is -0.415. The molecule has 2 aromatic carbocycles. The highest BCUT2D eigenvalue weighted by Gasteiger charge is 2.43. The second-order valence-electron chi connectivity index (χ2n) is 7.74. The predicted molar refractivity (Wildman–Crippen MR) is 100 cm³/mol. The molecule has 0 amide bonds. The van der Waals surface area contributed by atoms with Gasteiger partial charge in [-0.1, -0.05) is 48.5 Å². The summed E-state index contributed by atoms with van der Waals surface area (Å²) in [4.78, 5) is 0. The van der Waals surface area contributed by atoms with Crippen molar-refractivity contribution < 1.29 is 25.2 Å². The van der Waals surface area contributed by atoms with Crippen LogP contribution in [0.25, 0.3) is 0 Å². The zero-order chi connectivity index (χ0) is 19.0. The van der Waals surface area contributed by atoms with Gasteiger partial charge in [-0.05, 0) is 47.4 Å². The van der Waals surface area contributed by atoms with E-state index in [9.17, 15) is 20.4 Å². The van der Waals surface area contributed by atoms with Crippen molar-refractivity contribution in [3.05, 3.63) is 70.8 Å². The molecule has 0 spiro atoms. The SMILES string of the molecule is OCC1OC(c2cccc(CC3Cc4ccccc4C3)c2)[C@H](O)C(O)[C@@H]1O. The Morgan fingerprint density at radius 2 is 1.56 bits per heavy atom. The molecule has 0 radical (unpaired) electrons. The normalized spacial score (nSPS) is 31.0. The maximum Gasteiger partial charge on any atom is 0.113 e. The molecule has 27 heavy (non-hydrogen) atoms. The van der Waals surface area contributed by atoms with Gasteiger partial charge in [0.2, 0.25) is 0 Å². The quantitative estimate of drug-likeness (QED) is 0.649. The summed E-state index contributed by atoms with van der Waals surface area (Å²) in [5, 5.41) is 39.7. The number of hydrogen-bond donors (Lipinski definition) is 4. The van der Waals surface area contributed by atoms with Crippen molar-refractivity contribution in [3.8, 4) is 0 Å². The van der Waals surface area contributed by atoms with Crippen LogP contribution in [0, 0.1) is 5.92 Å². The van der Waals surface area contributed by atoms with Gasteiger partial charge in [-0.25, -0.2) is 0 Å². The Kier molecular flexibility index (Phi) is 5.30. The average Bonchev–Trinajstić information content (AvgIpc) is 3.09. The Morgan fingerprint density at radius 3 is 2.22 bits per heavy atom. The van der Waals surface area contributed by atoms with Crippen molar-refractivity contribution in [1.82, 2.24) is 0 Å². The summed E-state index contributed by atoms with van der Waals surface area (Å²) < 4.78 is 5.68. The number of benzene rings is 2. The van der Waals surface area contributed by atoms with E-state index in [1.165, 1.54) is 11.1 Å². The van der Waals surface area contributed by atoms with E-state index in [-0.39, 0.29) is 0 Å². The average molecular weight is 370 g/mol. The smallest absolute Gasteiger partial charge is 0.113 e. The molecule has 0 saturated carbocycles. The molecule has 2 aromatic rings. The Hall–Kier alpha value is -1.76. The van der Waals surface area contributed by atoms with Crippen molar-refractivity contribution >= 4 is 0 Å². The molecule has 5 heteroatoms. The Balaban J connectivity index is 1.49. The minimum atomic E-state index is -1.35. The number of rotatable bonds is 4. The summed E-state index contributed by atoms with van der Waals surface area (Å²) in [5.41, 5.74) is 4.75. The lowest BCUT2D eigenvalue weighted by Gasteiger charge is -2.40. The maximum atomic E-state index is 10.4. The second kappa shape index (κ2) is 7.70. The number of hydrogen-bond acceptors (Lipinski definition) is 5. The van der Waals surface area contributed by atoms with Gasteiger partial charge in [0.25, 0.3) is 0 Å². The van der Waals surface area contributed by atoms with Gasteiger partial charge in [-0.3, -0.25) is 0 Å². The van der Waals surface area contributed by atoms with E-state index in [4.69, 9.17) is 4.74 Å². The molecule has 3 unspecified atom stereocenters. The Labute approximate surface area is 158 Å². The van der Waals surface area contributed by atoms with Crippen LogP contribution in [0.3, 0.4) is 0 Å². The summed E-state index contributed by atoms with van der Waals surface area (Å²) >= 11 is 0. The van der Waals surface area contributed by atoms with E-state index in [1.807, 2.05) is 18.2 Å². The Morgan fingerprint density at radius 1 is 0.852 bits per heavy atom. The lowest BCUT2D eigenvalue weighted by atomic mass is 9.89. The lowest BCUT2D eigenvalue weighted by molar-refractivity contribution is -0.231. The minimum absolute atomic E-state index is 0.415. The Bertz CT molecular complexity index is 765. The fourth-order valence-electron chi connectivity index (χ4n) is 4.40. The third-order valence-corrected chi connectivity index (χ3v) is 5.83. The molecule has 1 saturated heterocycles. The zero-order valence-corrected chi connectivity index (χ0v) is 15.1. The minimum Gasteiger partial charge on any atom is -0.394 e. The van der Waals surface area contributed by atoms with Crippen LogP contribution in [0.5, 0.6) is 0 Å². The standard InChI is InChI=1S/C22H26O5/c23-12-18-19(24)20(25)21(26)22(27-18)17-7-3-4-13(9-17)8-14-10-15-5-1-2-6-16(15)11-14/h1-7,9,14,18-26H,8,10-12H2/t18?,19-,20?,21-,22?/m1/s1. The molecule has 4 rings (SSSR count). The van der Waals surface area contributed by atoms with Gasteiger partial charge >= 0.3 is 0 Å². The largest absolute Gasteiger partial charge is 0.394 e. The third-order valence-electron chi connectivity index (χ3n) is 5.83. The van der Waals surface area contributed by atoms with Crippen molar-refractivity contribution in [2.75, 3.05) is 6.61 Å². The topological polar surface area (TPSA) is 90.2 Å². The molecule has 1 aliphatic carbocycles. The van der Waals surface area contributed by atoms with E-state index in [0.717, 1.165) is 30.4 Å². The van der Waals surface area contributed by atoms with E-state index in [0.29, 0.717) is 5.92 Å². The van der Waals surface area contributed by atoms with Gasteiger partial charge in [0.15, 0.2) is 0 Å². The van der Waals surface area contributed by atoms with Crippen molar-refractivity contribution in [3.63, 3.8) is 0 Å². The highest BCUT2D eigenvalue weighted by molar-refractivity contribution is 5.34. The molecule has 0 bridgehead atoms. The summed E-state index contributed by atoms with van der Waals surface area (Å²) in [5.74, 6) is 0.549. The highest BCUT2D eigenvalue weighted by Crippen LogP contribution is 2.34. The molecule has 4 N–H and O–H groups in total. The summed E-state index contributed by atoms with van der Waals surface area (Å²) in [6, 6.07) is 16.4. The number of fused-ring (bicyclic) bond motifs is 1. The van der Waals surface area contributed by atoms with E-state index >= 15 is 0 Å². The molecular weight excluding hydrogens is 344 g/mol. The second-order valence-corrected chi connectivity index (χ2v) is 7.74. The van der Waals surface area contributed by atoms with Crippen LogP contribution in [0.1, 0.15) is 28.4 Å². The summed E-state index contributed by atoms with van der Waals surface area (Å²) in [6.07, 6.45) is -2.52. The molecule has 1 heterocycles. The monoisotopic (exact) mass is 370 g/mol. The first-order valence-corrected chi connectivity index (χ1v) is 9.53. The van der Waals surface area contributed by atoms with Gasteiger partial charge in [-0.15, -0.1) is 0 Å². The first kappa shape index (κ1) is 18.6. The lowest BCUT2D eigenvalue weighted by Crippen LogP contribution is -2.55. The van der Waals surface area contributed by atoms with Crippen LogP contribution < -0.4 is 0 Å². The molecule has 144 valence electrons. The van der Waals surface area contributed by atoms with Crippen LogP contribution in [0.15, 0.2) is 48.5 Å². The first-order chi connectivity index (χ1) is 13.1. The van der Waals surface area contributed by atoms with Crippen molar-refractivity contribution in [2.24, 2.45) is 5.92 Å². The van der Waals surface area contributed by atoms with Crippen LogP contribution >= 0.6 is 0 Å². The number of aliphatic hydroxyl groups is 4. The van der Waals surface area contributed by atoms with Gasteiger partial charge in [0, 0.05) is 0 Å². The van der Waals surface area contributed by atoms with Crippen LogP contribution in [0.2, 0.25) is 0 Å². The van der Waals surface area contributed by atoms with Crippen LogP contribution in [-0.2, 0) is 24.0 Å². The van der Waals surface area contributed by atoms with Gasteiger partial charge < -0.3 is 25.2 Å². The first-order valence-electron chi connectivity index (χ1n) is 9.53. The van der Waals surface area contributed by atoms with E-state index in [1.54, 1.807) is 0 Å². The van der Waals surface area contributed by atoms with Crippen molar-refractivity contribution in [2.45, 2.75) is 49.8 Å². The van der Waals surface area contributed by atoms with Gasteiger partial charge in [0.05, 0.1) is 6.61 Å². The van der Waals surface area contributed by atoms with E-state index in [2.05, 4.69) is 30.3 Å². The maximum absolute atomic E-state index is 10.4. The van der Waals surface area contributed by atoms with E-state index < -0.39 is 37.1 Å². The zero-order valence-electron chi connectivity index (χ0n) is 15.1. The summed E-state index contributed by atoms with van der Waals surface area (Å²) in [7, 11) is 0. The highest BCUT2D eigenvalue weighted by atomic mass is 16.5. The van der Waals surface area contributed by atoms with Crippen LogP contribution in [0.4, 0.5) is 0 Å². The molecule has 0 aromatic heterocycles. The van der Waals surface area contributed by atoms with Gasteiger partial charge in [0.1, 0.15) is 30.5 Å². The molecule has 5 nitrogen and oxygen atoms in total. The number of ether oxygens (including phenoxy) is 1. The van der Waals surface area contributed by atoms with Crippen molar-refractivity contribution in [1.29, 1.82) is 0 Å². The van der Waals surface area contributed by atoms with Crippen LogP contribution in [-0.4, -0.2) is 51.4 Å².